The predicted molar refractivity (Wildman–Crippen MR) is 78.7 cm³/mol. The van der Waals surface area contributed by atoms with Crippen molar-refractivity contribution in [3.8, 4) is 0 Å². The molecule has 0 spiro atoms. The van der Waals surface area contributed by atoms with E-state index in [0.717, 1.165) is 19.3 Å². The molecule has 5 nitrogen and oxygen atoms in total. The first-order chi connectivity index (χ1) is 10.2. The molecule has 3 unspecified atom stereocenters. The Morgan fingerprint density at radius 2 is 1.95 bits per heavy atom. The van der Waals surface area contributed by atoms with Gasteiger partial charge in [-0.05, 0) is 31.6 Å². The molecule has 0 aromatic rings. The second kappa shape index (κ2) is 6.34. The van der Waals surface area contributed by atoms with Crippen LogP contribution in [0.4, 0.5) is 0 Å². The molecule has 0 radical (unpaired) electrons. The van der Waals surface area contributed by atoms with Crippen LogP contribution in [0.1, 0.15) is 51.9 Å². The smallest absolute Gasteiger partial charge is 0.246 e. The van der Waals surface area contributed by atoms with E-state index in [9.17, 15) is 9.59 Å². The molecule has 2 heterocycles. The van der Waals surface area contributed by atoms with E-state index in [2.05, 4.69) is 5.32 Å². The van der Waals surface area contributed by atoms with Crippen LogP contribution in [0.5, 0.6) is 0 Å². The molecule has 5 heteroatoms. The van der Waals surface area contributed by atoms with Crippen LogP contribution in [-0.4, -0.2) is 48.1 Å². The summed E-state index contributed by atoms with van der Waals surface area (Å²) in [4.78, 5) is 27.3. The lowest BCUT2D eigenvalue weighted by Gasteiger charge is -2.45. The van der Waals surface area contributed by atoms with Crippen LogP contribution < -0.4 is 5.32 Å². The van der Waals surface area contributed by atoms with Crippen LogP contribution >= 0.6 is 0 Å². The van der Waals surface area contributed by atoms with Crippen LogP contribution in [0.2, 0.25) is 0 Å². The lowest BCUT2D eigenvalue weighted by molar-refractivity contribution is -0.155. The number of piperazine rings is 1. The third-order valence-corrected chi connectivity index (χ3v) is 5.24. The van der Waals surface area contributed by atoms with Gasteiger partial charge in [-0.1, -0.05) is 26.2 Å². The van der Waals surface area contributed by atoms with E-state index in [0.29, 0.717) is 25.6 Å². The van der Waals surface area contributed by atoms with Gasteiger partial charge in [0.25, 0.3) is 0 Å². The van der Waals surface area contributed by atoms with Gasteiger partial charge in [0.1, 0.15) is 12.1 Å². The van der Waals surface area contributed by atoms with E-state index in [1.54, 1.807) is 0 Å². The third kappa shape index (κ3) is 2.80. The Balaban J connectivity index is 1.85. The van der Waals surface area contributed by atoms with Crippen LogP contribution in [0.3, 0.4) is 0 Å². The largest absolute Gasteiger partial charge is 0.379 e. The molecule has 3 atom stereocenters. The van der Waals surface area contributed by atoms with Gasteiger partial charge in [0.15, 0.2) is 0 Å². The zero-order valence-electron chi connectivity index (χ0n) is 12.8. The van der Waals surface area contributed by atoms with Gasteiger partial charge in [-0.3, -0.25) is 9.59 Å². The molecule has 2 aliphatic heterocycles. The normalized spacial score (nSPS) is 35.1. The van der Waals surface area contributed by atoms with Crippen molar-refractivity contribution in [3.05, 3.63) is 0 Å². The highest BCUT2D eigenvalue weighted by molar-refractivity contribution is 5.97. The highest BCUT2D eigenvalue weighted by Gasteiger charge is 2.47. The van der Waals surface area contributed by atoms with Crippen LogP contribution in [0.25, 0.3) is 0 Å². The van der Waals surface area contributed by atoms with Gasteiger partial charge in [0.2, 0.25) is 11.8 Å². The molecule has 2 amide bonds. The average molecular weight is 294 g/mol. The van der Waals surface area contributed by atoms with Gasteiger partial charge in [0, 0.05) is 6.61 Å². The lowest BCUT2D eigenvalue weighted by atomic mass is 9.81. The zero-order chi connectivity index (χ0) is 14.8. The SMILES string of the molecule is CCC1NC(=O)C(C2CCCCC2)N(C2CCOC2)C1=O. The van der Waals surface area contributed by atoms with E-state index in [-0.39, 0.29) is 29.9 Å². The van der Waals surface area contributed by atoms with Crippen molar-refractivity contribution in [2.45, 2.75) is 70.0 Å². The molecule has 1 N–H and O–H groups in total. The van der Waals surface area contributed by atoms with Crippen LogP contribution in [0, 0.1) is 5.92 Å². The Kier molecular flexibility index (Phi) is 4.48. The van der Waals surface area contributed by atoms with Gasteiger partial charge >= 0.3 is 0 Å². The topological polar surface area (TPSA) is 58.6 Å². The van der Waals surface area contributed by atoms with Crippen molar-refractivity contribution in [1.82, 2.24) is 10.2 Å². The Morgan fingerprint density at radius 3 is 2.57 bits per heavy atom. The number of hydrogen-bond donors (Lipinski definition) is 1. The Labute approximate surface area is 126 Å². The minimum absolute atomic E-state index is 0.0558. The number of carbonyl (C=O) groups excluding carboxylic acids is 2. The molecular weight excluding hydrogens is 268 g/mol. The number of rotatable bonds is 3. The second-order valence-electron chi connectivity index (χ2n) is 6.58. The first kappa shape index (κ1) is 14.8. The maximum atomic E-state index is 12.8. The van der Waals surface area contributed by atoms with Crippen LogP contribution in [-0.2, 0) is 14.3 Å². The number of nitrogens with zero attached hydrogens (tertiary/aromatic N) is 1. The highest BCUT2D eigenvalue weighted by Crippen LogP contribution is 2.33. The van der Waals surface area contributed by atoms with E-state index in [1.165, 1.54) is 19.3 Å². The summed E-state index contributed by atoms with van der Waals surface area (Å²) in [6.07, 6.45) is 7.25. The zero-order valence-corrected chi connectivity index (χ0v) is 12.8. The molecule has 3 aliphatic rings. The summed E-state index contributed by atoms with van der Waals surface area (Å²) in [6.45, 7) is 3.23. The lowest BCUT2D eigenvalue weighted by Crippen LogP contribution is -2.67. The monoisotopic (exact) mass is 294 g/mol. The minimum atomic E-state index is -0.349. The van der Waals surface area contributed by atoms with Crippen LogP contribution in [0.15, 0.2) is 0 Å². The molecule has 118 valence electrons. The summed E-state index contributed by atoms with van der Waals surface area (Å²) in [5.74, 6) is 0.476. The van der Waals surface area contributed by atoms with Crippen molar-refractivity contribution < 1.29 is 14.3 Å². The van der Waals surface area contributed by atoms with Gasteiger partial charge < -0.3 is 15.0 Å². The fraction of sp³-hybridized carbons (Fsp3) is 0.875. The number of nitrogens with one attached hydrogen (secondary N) is 1. The molecule has 3 fully saturated rings. The summed E-state index contributed by atoms with van der Waals surface area (Å²) >= 11 is 0. The summed E-state index contributed by atoms with van der Waals surface area (Å²) in [6, 6.07) is -0.533. The Morgan fingerprint density at radius 1 is 1.19 bits per heavy atom. The van der Waals surface area contributed by atoms with Crippen molar-refractivity contribution in [2.24, 2.45) is 5.92 Å². The Bertz CT molecular complexity index is 400. The average Bonchev–Trinajstić information content (AvgIpc) is 3.03. The number of ether oxygens (including phenoxy) is 1. The third-order valence-electron chi connectivity index (χ3n) is 5.24. The fourth-order valence-electron chi connectivity index (χ4n) is 4.08. The maximum Gasteiger partial charge on any atom is 0.246 e. The van der Waals surface area contributed by atoms with E-state index in [4.69, 9.17) is 4.74 Å². The summed E-state index contributed by atoms with van der Waals surface area (Å²) in [5.41, 5.74) is 0. The summed E-state index contributed by atoms with van der Waals surface area (Å²) < 4.78 is 5.47. The fourth-order valence-corrected chi connectivity index (χ4v) is 4.08. The van der Waals surface area contributed by atoms with E-state index < -0.39 is 0 Å². The molecule has 2 saturated heterocycles. The number of carbonyl (C=O) groups is 2. The van der Waals surface area contributed by atoms with E-state index >= 15 is 0 Å². The first-order valence-electron chi connectivity index (χ1n) is 8.42. The molecule has 1 saturated carbocycles. The minimum Gasteiger partial charge on any atom is -0.379 e. The maximum absolute atomic E-state index is 12.8. The van der Waals surface area contributed by atoms with Gasteiger partial charge in [-0.25, -0.2) is 0 Å². The summed E-state index contributed by atoms with van der Waals surface area (Å²) in [5, 5.41) is 2.95. The number of hydrogen-bond acceptors (Lipinski definition) is 3. The predicted octanol–water partition coefficient (Wildman–Crippen LogP) is 1.46. The molecule has 3 rings (SSSR count). The van der Waals surface area contributed by atoms with Crippen molar-refractivity contribution in [3.63, 3.8) is 0 Å². The molecule has 0 aromatic heterocycles. The highest BCUT2D eigenvalue weighted by atomic mass is 16.5. The van der Waals surface area contributed by atoms with Gasteiger partial charge in [-0.2, -0.15) is 0 Å². The number of amides is 2. The van der Waals surface area contributed by atoms with E-state index in [1.807, 2.05) is 11.8 Å². The Hall–Kier alpha value is -1.10. The second-order valence-corrected chi connectivity index (χ2v) is 6.58. The molecule has 0 bridgehead atoms. The van der Waals surface area contributed by atoms with Gasteiger partial charge in [-0.15, -0.1) is 0 Å². The van der Waals surface area contributed by atoms with Crippen molar-refractivity contribution in [1.29, 1.82) is 0 Å². The standard InChI is InChI=1S/C16H26N2O3/c1-2-13-16(20)18(12-8-9-21-10-12)14(15(19)17-13)11-6-4-3-5-7-11/h11-14H,2-10H2,1H3,(H,17,19). The molecular formula is C16H26N2O3. The van der Waals surface area contributed by atoms with Gasteiger partial charge in [0.05, 0.1) is 12.6 Å². The molecule has 1 aliphatic carbocycles. The van der Waals surface area contributed by atoms with Crippen molar-refractivity contribution >= 4 is 11.8 Å². The quantitative estimate of drug-likeness (QED) is 0.857. The molecule has 0 aromatic carbocycles. The summed E-state index contributed by atoms with van der Waals surface area (Å²) in [7, 11) is 0. The van der Waals surface area contributed by atoms with Crippen molar-refractivity contribution in [2.75, 3.05) is 13.2 Å². The first-order valence-corrected chi connectivity index (χ1v) is 8.42. The molecule has 21 heavy (non-hydrogen) atoms.